The van der Waals surface area contributed by atoms with Gasteiger partial charge < -0.3 is 14.9 Å². The molecule has 3 N–H and O–H groups in total. The molecule has 0 unspecified atom stereocenters. The molecular formula is C17H15BrClNO6S. The van der Waals surface area contributed by atoms with Crippen LogP contribution in [0.25, 0.3) is 0 Å². The van der Waals surface area contributed by atoms with E-state index in [0.29, 0.717) is 10.0 Å². The maximum atomic E-state index is 12.9. The number of aromatic carboxylic acids is 1. The molecule has 0 aliphatic heterocycles. The summed E-state index contributed by atoms with van der Waals surface area (Å²) in [6.45, 7) is 0. The van der Waals surface area contributed by atoms with Crippen LogP contribution in [0.15, 0.2) is 33.6 Å². The monoisotopic (exact) mass is 475 g/mol. The quantitative estimate of drug-likeness (QED) is 0.539. The van der Waals surface area contributed by atoms with Gasteiger partial charge in [0.15, 0.2) is 5.75 Å². The molecule has 1 aliphatic carbocycles. The summed E-state index contributed by atoms with van der Waals surface area (Å²) in [6, 6.07) is 5.42. The number of nitrogens with one attached hydrogen (secondary N) is 1. The molecule has 0 heterocycles. The van der Waals surface area contributed by atoms with Crippen molar-refractivity contribution in [2.75, 3.05) is 11.8 Å². The normalized spacial score (nSPS) is 14.0. The van der Waals surface area contributed by atoms with E-state index in [4.69, 9.17) is 16.3 Å². The summed E-state index contributed by atoms with van der Waals surface area (Å²) in [5, 5.41) is 19.8. The third-order valence-electron chi connectivity index (χ3n) is 4.15. The van der Waals surface area contributed by atoms with E-state index in [-0.39, 0.29) is 32.8 Å². The predicted molar refractivity (Wildman–Crippen MR) is 104 cm³/mol. The highest BCUT2D eigenvalue weighted by Crippen LogP contribution is 2.44. The molecule has 2 aromatic carbocycles. The zero-order valence-corrected chi connectivity index (χ0v) is 17.2. The van der Waals surface area contributed by atoms with Crippen molar-refractivity contribution >= 4 is 49.2 Å². The molecule has 0 bridgehead atoms. The Morgan fingerprint density at radius 1 is 1.30 bits per heavy atom. The minimum atomic E-state index is -4.20. The predicted octanol–water partition coefficient (Wildman–Crippen LogP) is 4.19. The van der Waals surface area contributed by atoms with Crippen LogP contribution >= 0.6 is 27.5 Å². The molecule has 0 saturated heterocycles. The zero-order chi connectivity index (χ0) is 19.9. The highest BCUT2D eigenvalue weighted by atomic mass is 79.9. The summed E-state index contributed by atoms with van der Waals surface area (Å²) in [5.41, 5.74) is 0.0958. The van der Waals surface area contributed by atoms with Crippen LogP contribution < -0.4 is 9.46 Å². The van der Waals surface area contributed by atoms with Crippen LogP contribution in [0.2, 0.25) is 5.02 Å². The third-order valence-corrected chi connectivity index (χ3v) is 6.74. The molecule has 144 valence electrons. The summed E-state index contributed by atoms with van der Waals surface area (Å²) in [7, 11) is -2.90. The van der Waals surface area contributed by atoms with Crippen LogP contribution in [0.4, 0.5) is 5.69 Å². The molecule has 2 aromatic rings. The van der Waals surface area contributed by atoms with Gasteiger partial charge >= 0.3 is 5.97 Å². The van der Waals surface area contributed by atoms with Gasteiger partial charge in [0.25, 0.3) is 10.0 Å². The molecule has 10 heteroatoms. The maximum Gasteiger partial charge on any atom is 0.339 e. The fourth-order valence-corrected chi connectivity index (χ4v) is 4.51. The second kappa shape index (κ2) is 7.21. The Morgan fingerprint density at radius 3 is 2.52 bits per heavy atom. The van der Waals surface area contributed by atoms with E-state index in [1.54, 1.807) is 0 Å². The third kappa shape index (κ3) is 3.99. The van der Waals surface area contributed by atoms with E-state index in [1.807, 2.05) is 0 Å². The number of benzene rings is 2. The molecule has 1 fully saturated rings. The minimum absolute atomic E-state index is 0.00648. The number of rotatable bonds is 6. The van der Waals surface area contributed by atoms with Gasteiger partial charge in [-0.05, 0) is 58.5 Å². The molecule has 1 aliphatic rings. The molecule has 0 aromatic heterocycles. The number of sulfonamides is 1. The number of carbonyl (C=O) groups is 1. The topological polar surface area (TPSA) is 113 Å². The first-order valence-electron chi connectivity index (χ1n) is 7.80. The number of ether oxygens (including phenoxy) is 1. The number of carboxylic acids is 1. The summed E-state index contributed by atoms with van der Waals surface area (Å²) < 4.78 is 33.4. The molecule has 1 saturated carbocycles. The number of anilines is 1. The fourth-order valence-electron chi connectivity index (χ4n) is 2.63. The smallest absolute Gasteiger partial charge is 0.339 e. The van der Waals surface area contributed by atoms with Gasteiger partial charge in [-0.1, -0.05) is 11.6 Å². The first kappa shape index (κ1) is 19.8. The molecule has 0 amide bonds. The lowest BCUT2D eigenvalue weighted by Crippen LogP contribution is -2.15. The zero-order valence-electron chi connectivity index (χ0n) is 14.0. The number of carboxylic acid groups (broad SMARTS) is 1. The van der Waals surface area contributed by atoms with Crippen molar-refractivity contribution in [2.45, 2.75) is 23.7 Å². The van der Waals surface area contributed by atoms with Gasteiger partial charge in [0.05, 0.1) is 17.8 Å². The van der Waals surface area contributed by atoms with E-state index in [0.717, 1.165) is 12.8 Å². The lowest BCUT2D eigenvalue weighted by atomic mass is 10.0. The van der Waals surface area contributed by atoms with Crippen LogP contribution in [0.3, 0.4) is 0 Å². The van der Waals surface area contributed by atoms with Crippen molar-refractivity contribution in [3.05, 3.63) is 44.9 Å². The Hall–Kier alpha value is -1.97. The first-order valence-corrected chi connectivity index (χ1v) is 10.5. The van der Waals surface area contributed by atoms with Gasteiger partial charge in [-0.2, -0.15) is 0 Å². The van der Waals surface area contributed by atoms with E-state index in [2.05, 4.69) is 20.7 Å². The highest BCUT2D eigenvalue weighted by Gasteiger charge is 2.29. The summed E-state index contributed by atoms with van der Waals surface area (Å²) in [5.74, 6) is -1.83. The van der Waals surface area contributed by atoms with Gasteiger partial charge in [0.2, 0.25) is 0 Å². The summed E-state index contributed by atoms with van der Waals surface area (Å²) in [4.78, 5) is 11.2. The van der Waals surface area contributed by atoms with Crippen molar-refractivity contribution in [3.8, 4) is 11.5 Å². The lowest BCUT2D eigenvalue weighted by molar-refractivity contribution is 0.0693. The van der Waals surface area contributed by atoms with Crippen molar-refractivity contribution in [1.82, 2.24) is 0 Å². The highest BCUT2D eigenvalue weighted by molar-refractivity contribution is 9.10. The Labute approximate surface area is 169 Å². The van der Waals surface area contributed by atoms with Gasteiger partial charge in [-0.15, -0.1) is 0 Å². The second-order valence-electron chi connectivity index (χ2n) is 6.07. The molecule has 27 heavy (non-hydrogen) atoms. The van der Waals surface area contributed by atoms with Crippen LogP contribution in [0.5, 0.6) is 11.5 Å². The number of methoxy groups -OCH3 is 1. The van der Waals surface area contributed by atoms with Gasteiger partial charge in [-0.25, -0.2) is 13.2 Å². The Balaban J connectivity index is 2.09. The molecule has 7 nitrogen and oxygen atoms in total. The van der Waals surface area contributed by atoms with Crippen molar-refractivity contribution < 1.29 is 28.2 Å². The van der Waals surface area contributed by atoms with E-state index in [9.17, 15) is 23.4 Å². The standard InChI is InChI=1S/C17H15BrClNO6S/c1-26-14-7-12(19)11(18)6-15(14)27(24,25)20-13-5-9(8-2-3-8)4-10(16(13)21)17(22)23/h4-8,20-21H,2-3H2,1H3,(H,22,23). The number of aromatic hydroxyl groups is 1. The van der Waals surface area contributed by atoms with Crippen molar-refractivity contribution in [1.29, 1.82) is 0 Å². The largest absolute Gasteiger partial charge is 0.505 e. The number of hydrogen-bond acceptors (Lipinski definition) is 5. The minimum Gasteiger partial charge on any atom is -0.505 e. The van der Waals surface area contributed by atoms with Gasteiger partial charge in [-0.3, -0.25) is 4.72 Å². The average molecular weight is 477 g/mol. The molecule has 3 rings (SSSR count). The second-order valence-corrected chi connectivity index (χ2v) is 8.98. The summed E-state index contributed by atoms with van der Waals surface area (Å²) in [6.07, 6.45) is 1.77. The molecule has 0 radical (unpaired) electrons. The Bertz CT molecular complexity index is 1040. The van der Waals surface area contributed by atoms with Crippen molar-refractivity contribution in [3.63, 3.8) is 0 Å². The lowest BCUT2D eigenvalue weighted by Gasteiger charge is -2.15. The average Bonchev–Trinajstić information content (AvgIpc) is 3.43. The molecular weight excluding hydrogens is 462 g/mol. The van der Waals surface area contributed by atoms with Crippen LogP contribution in [-0.2, 0) is 10.0 Å². The van der Waals surface area contributed by atoms with Gasteiger partial charge in [0, 0.05) is 10.5 Å². The van der Waals surface area contributed by atoms with Gasteiger partial charge in [0.1, 0.15) is 16.2 Å². The maximum absolute atomic E-state index is 12.9. The van der Waals surface area contributed by atoms with Crippen molar-refractivity contribution in [2.24, 2.45) is 0 Å². The Morgan fingerprint density at radius 2 is 1.96 bits per heavy atom. The molecule has 0 spiro atoms. The van der Waals surface area contributed by atoms with E-state index < -0.39 is 21.7 Å². The van der Waals surface area contributed by atoms with Crippen LogP contribution in [0, 0.1) is 0 Å². The van der Waals surface area contributed by atoms with E-state index >= 15 is 0 Å². The SMILES string of the molecule is COc1cc(Cl)c(Br)cc1S(=O)(=O)Nc1cc(C2CC2)cc(C(=O)O)c1O. The fraction of sp³-hybridized carbons (Fsp3) is 0.235. The van der Waals surface area contributed by atoms with E-state index in [1.165, 1.54) is 31.4 Å². The number of phenols is 1. The Kier molecular flexibility index (Phi) is 5.29. The number of hydrogen-bond donors (Lipinski definition) is 3. The first-order chi connectivity index (χ1) is 12.6. The van der Waals surface area contributed by atoms with Crippen LogP contribution in [0.1, 0.15) is 34.7 Å². The number of halogens is 2. The van der Waals surface area contributed by atoms with Crippen LogP contribution in [-0.4, -0.2) is 31.7 Å². The summed E-state index contributed by atoms with van der Waals surface area (Å²) >= 11 is 9.14. The molecule has 0 atom stereocenters.